The molecular formula is C20H34NO6SSi-. The van der Waals surface area contributed by atoms with Gasteiger partial charge in [0.15, 0.2) is 8.32 Å². The summed E-state index contributed by atoms with van der Waals surface area (Å²) in [6.45, 7) is 15.8. The van der Waals surface area contributed by atoms with Crippen LogP contribution in [-0.2, 0) is 24.7 Å². The van der Waals surface area contributed by atoms with E-state index in [1.165, 1.54) is 0 Å². The van der Waals surface area contributed by atoms with Crippen LogP contribution in [0.15, 0.2) is 30.3 Å². The number of carbonyl (C=O) groups excluding carboxylic acids is 1. The Kier molecular flexibility index (Phi) is 9.04. The van der Waals surface area contributed by atoms with Crippen LogP contribution in [-0.4, -0.2) is 41.4 Å². The predicted octanol–water partition coefficient (Wildman–Crippen LogP) is 4.45. The third kappa shape index (κ3) is 8.96. The summed E-state index contributed by atoms with van der Waals surface area (Å²) in [6.07, 6.45) is -1.62. The molecule has 0 spiro atoms. The summed E-state index contributed by atoms with van der Waals surface area (Å²) >= 11 is -2.78. The zero-order chi connectivity index (χ0) is 22.5. The Labute approximate surface area is 178 Å². The molecule has 0 aliphatic heterocycles. The molecule has 7 nitrogen and oxygen atoms in total. The highest BCUT2D eigenvalue weighted by atomic mass is 32.2. The fourth-order valence-electron chi connectivity index (χ4n) is 2.26. The molecule has 0 saturated heterocycles. The van der Waals surface area contributed by atoms with Crippen LogP contribution >= 0.6 is 0 Å². The second-order valence-corrected chi connectivity index (χ2v) is 14.9. The number of rotatable bonds is 8. The molecule has 1 unspecified atom stereocenters. The molecule has 1 aromatic rings. The first kappa shape index (κ1) is 25.8. The van der Waals surface area contributed by atoms with Crippen molar-refractivity contribution in [2.45, 2.75) is 77.4 Å². The van der Waals surface area contributed by atoms with E-state index < -0.39 is 43.5 Å². The summed E-state index contributed by atoms with van der Waals surface area (Å²) in [4.78, 5) is 12.4. The first-order valence-corrected chi connectivity index (χ1v) is 13.5. The van der Waals surface area contributed by atoms with Crippen molar-refractivity contribution < 1.29 is 26.9 Å². The maximum absolute atomic E-state index is 12.4. The van der Waals surface area contributed by atoms with Gasteiger partial charge in [-0.1, -0.05) is 51.1 Å². The van der Waals surface area contributed by atoms with E-state index in [0.717, 1.165) is 0 Å². The van der Waals surface area contributed by atoms with Gasteiger partial charge in [0, 0.05) is 0 Å². The predicted molar refractivity (Wildman–Crippen MR) is 115 cm³/mol. The molecule has 0 fully saturated rings. The Hall–Kier alpha value is -1.26. The largest absolute Gasteiger partial charge is 0.750 e. The van der Waals surface area contributed by atoms with Crippen LogP contribution in [0.25, 0.3) is 0 Å². The number of carbonyl (C=O) groups is 1. The third-order valence-corrected chi connectivity index (χ3v) is 9.67. The Morgan fingerprint density at radius 1 is 1.14 bits per heavy atom. The number of ether oxygens (including phenoxy) is 1. The van der Waals surface area contributed by atoms with E-state index >= 15 is 0 Å². The highest BCUT2D eigenvalue weighted by molar-refractivity contribution is 7.74. The van der Waals surface area contributed by atoms with Gasteiger partial charge in [-0.05, 0) is 44.5 Å². The average Bonchev–Trinajstić information content (AvgIpc) is 2.54. The van der Waals surface area contributed by atoms with E-state index in [2.05, 4.69) is 39.2 Å². The second kappa shape index (κ2) is 10.2. The van der Waals surface area contributed by atoms with Gasteiger partial charge in [-0.15, -0.1) is 0 Å². The number of hydrogen-bond donors (Lipinski definition) is 1. The molecular weight excluding hydrogens is 410 g/mol. The number of alkyl carbamates (subject to hydrolysis) is 1. The van der Waals surface area contributed by atoms with Gasteiger partial charge in [0.1, 0.15) is 11.7 Å². The summed E-state index contributed by atoms with van der Waals surface area (Å²) in [5.74, 6) is 0. The lowest BCUT2D eigenvalue weighted by atomic mass is 10.0. The first-order valence-electron chi connectivity index (χ1n) is 9.57. The van der Waals surface area contributed by atoms with Gasteiger partial charge >= 0.3 is 6.09 Å². The van der Waals surface area contributed by atoms with Crippen LogP contribution in [0.3, 0.4) is 0 Å². The van der Waals surface area contributed by atoms with E-state index in [-0.39, 0.29) is 11.6 Å². The SMILES string of the molecule is CC(C)(C)OC(=O)N[C@H](CO[Si](C)(C)C(C)(C)C)[C@H](OS(=O)[O-])c1ccccc1. The monoisotopic (exact) mass is 444 g/mol. The van der Waals surface area contributed by atoms with Crippen LogP contribution in [0.5, 0.6) is 0 Å². The van der Waals surface area contributed by atoms with Gasteiger partial charge in [-0.2, -0.15) is 0 Å². The molecule has 0 aliphatic carbocycles. The molecule has 0 aliphatic rings. The lowest BCUT2D eigenvalue weighted by Gasteiger charge is -2.38. The third-order valence-electron chi connectivity index (χ3n) is 4.81. The van der Waals surface area contributed by atoms with E-state index in [4.69, 9.17) is 13.3 Å². The first-order chi connectivity index (χ1) is 13.1. The van der Waals surface area contributed by atoms with Crippen molar-refractivity contribution in [1.82, 2.24) is 5.32 Å². The van der Waals surface area contributed by atoms with Crippen LogP contribution in [0.1, 0.15) is 53.2 Å². The van der Waals surface area contributed by atoms with E-state index in [9.17, 15) is 13.6 Å². The highest BCUT2D eigenvalue weighted by Gasteiger charge is 2.39. The van der Waals surface area contributed by atoms with Gasteiger partial charge in [-0.25, -0.2) is 9.00 Å². The summed E-state index contributed by atoms with van der Waals surface area (Å²) in [5, 5.41) is 2.69. The van der Waals surface area contributed by atoms with Gasteiger partial charge in [0.25, 0.3) is 0 Å². The summed E-state index contributed by atoms with van der Waals surface area (Å²) in [6, 6.07) is 8.09. The number of benzene rings is 1. The molecule has 0 saturated carbocycles. The van der Waals surface area contributed by atoms with Crippen molar-refractivity contribution in [3.05, 3.63) is 35.9 Å². The molecule has 29 heavy (non-hydrogen) atoms. The summed E-state index contributed by atoms with van der Waals surface area (Å²) in [5.41, 5.74) is -0.0871. The smallest absolute Gasteiger partial charge is 0.408 e. The maximum Gasteiger partial charge on any atom is 0.408 e. The maximum atomic E-state index is 12.4. The van der Waals surface area contributed by atoms with Gasteiger partial charge in [-0.3, -0.25) is 4.18 Å². The minimum atomic E-state index is -2.78. The number of nitrogens with one attached hydrogen (secondary N) is 1. The van der Waals surface area contributed by atoms with Crippen LogP contribution in [0.2, 0.25) is 18.1 Å². The molecule has 1 N–H and O–H groups in total. The standard InChI is InChI=1S/C20H35NO6SSi/c1-19(2,3)26-18(22)21-16(14-25-29(7,8)20(4,5)6)17(27-28(23)24)15-12-10-9-11-13-15/h9-13,16-17H,14H2,1-8H3,(H,21,22)(H,23,24)/p-1/t16-,17-/m1/s1. The van der Waals surface area contributed by atoms with Crippen molar-refractivity contribution in [2.24, 2.45) is 0 Å². The Morgan fingerprint density at radius 3 is 2.14 bits per heavy atom. The quantitative estimate of drug-likeness (QED) is 0.470. The van der Waals surface area contributed by atoms with E-state index in [1.54, 1.807) is 45.0 Å². The van der Waals surface area contributed by atoms with Crippen LogP contribution < -0.4 is 5.32 Å². The summed E-state index contributed by atoms with van der Waals surface area (Å²) < 4.78 is 39.5. The number of hydrogen-bond acceptors (Lipinski definition) is 6. The highest BCUT2D eigenvalue weighted by Crippen LogP contribution is 2.37. The van der Waals surface area contributed by atoms with Crippen molar-refractivity contribution >= 4 is 25.8 Å². The van der Waals surface area contributed by atoms with Crippen molar-refractivity contribution in [2.75, 3.05) is 6.61 Å². The van der Waals surface area contributed by atoms with Crippen molar-refractivity contribution in [3.63, 3.8) is 0 Å². The van der Waals surface area contributed by atoms with Gasteiger partial charge < -0.3 is 19.0 Å². The fourth-order valence-corrected chi connectivity index (χ4v) is 3.70. The molecule has 0 bridgehead atoms. The Balaban J connectivity index is 3.17. The molecule has 0 aromatic heterocycles. The average molecular weight is 445 g/mol. The topological polar surface area (TPSA) is 96.9 Å². The lowest BCUT2D eigenvalue weighted by Crippen LogP contribution is -2.49. The fraction of sp³-hybridized carbons (Fsp3) is 0.650. The van der Waals surface area contributed by atoms with Gasteiger partial charge in [0.2, 0.25) is 0 Å². The molecule has 1 aromatic carbocycles. The normalized spacial score (nSPS) is 16.0. The van der Waals surface area contributed by atoms with E-state index in [0.29, 0.717) is 5.56 Å². The molecule has 0 radical (unpaired) electrons. The molecule has 166 valence electrons. The molecule has 0 heterocycles. The number of amides is 1. The molecule has 1 rings (SSSR count). The van der Waals surface area contributed by atoms with Crippen LogP contribution in [0.4, 0.5) is 4.79 Å². The van der Waals surface area contributed by atoms with Crippen LogP contribution in [0, 0.1) is 0 Å². The zero-order valence-corrected chi connectivity index (χ0v) is 20.4. The summed E-state index contributed by atoms with van der Waals surface area (Å²) in [7, 11) is -2.15. The van der Waals surface area contributed by atoms with E-state index in [1.807, 2.05) is 6.07 Å². The minimum absolute atomic E-state index is 0.0477. The zero-order valence-electron chi connectivity index (χ0n) is 18.6. The molecule has 9 heteroatoms. The second-order valence-electron chi connectivity index (χ2n) is 9.46. The lowest BCUT2D eigenvalue weighted by molar-refractivity contribution is 0.0395. The molecule has 1 amide bonds. The van der Waals surface area contributed by atoms with Crippen molar-refractivity contribution in [3.8, 4) is 0 Å². The molecule has 3 atom stereocenters. The van der Waals surface area contributed by atoms with Gasteiger partial charge in [0.05, 0.1) is 24.0 Å². The Bertz CT molecular complexity index is 684. The minimum Gasteiger partial charge on any atom is -0.750 e. The van der Waals surface area contributed by atoms with Crippen molar-refractivity contribution in [1.29, 1.82) is 0 Å². The Morgan fingerprint density at radius 2 is 1.69 bits per heavy atom.